The number of carbonyl (C=O) groups excluding carboxylic acids is 1. The van der Waals surface area contributed by atoms with Crippen molar-refractivity contribution in [3.63, 3.8) is 0 Å². The fourth-order valence-electron chi connectivity index (χ4n) is 0.727. The van der Waals surface area contributed by atoms with Crippen molar-refractivity contribution in [2.45, 2.75) is 12.8 Å². The van der Waals surface area contributed by atoms with Crippen molar-refractivity contribution in [1.82, 2.24) is 10.0 Å². The van der Waals surface area contributed by atoms with E-state index in [0.29, 0.717) is 19.4 Å². The van der Waals surface area contributed by atoms with Crippen LogP contribution in [0.3, 0.4) is 0 Å². The van der Waals surface area contributed by atoms with E-state index >= 15 is 0 Å². The highest BCUT2D eigenvalue weighted by molar-refractivity contribution is 7.87. The molecule has 0 heterocycles. The number of hydrogen-bond donors (Lipinski definition) is 3. The summed E-state index contributed by atoms with van der Waals surface area (Å²) < 4.78 is 27.3. The molecular weight excluding hydrogens is 210 g/mol. The van der Waals surface area contributed by atoms with Crippen molar-refractivity contribution >= 4 is 16.3 Å². The number of hydrogen-bond acceptors (Lipinski definition) is 4. The Morgan fingerprint density at radius 3 is 2.43 bits per heavy atom. The second kappa shape index (κ2) is 6.57. The van der Waals surface area contributed by atoms with E-state index in [1.54, 1.807) is 0 Å². The highest BCUT2D eigenvalue weighted by Gasteiger charge is 2.00. The highest BCUT2D eigenvalue weighted by Crippen LogP contribution is 1.85. The van der Waals surface area contributed by atoms with E-state index in [0.717, 1.165) is 0 Å². The largest absolute Gasteiger partial charge is 0.453 e. The first-order valence-electron chi connectivity index (χ1n) is 4.05. The molecule has 0 aromatic heterocycles. The first-order valence-corrected chi connectivity index (χ1v) is 5.59. The molecule has 0 radical (unpaired) electrons. The monoisotopic (exact) mass is 225 g/mol. The number of amides is 1. The molecule has 8 heteroatoms. The molecular formula is C6H15N3O4S. The van der Waals surface area contributed by atoms with Crippen LogP contribution in [0.25, 0.3) is 0 Å². The van der Waals surface area contributed by atoms with Crippen LogP contribution in [-0.4, -0.2) is 34.7 Å². The zero-order valence-electron chi connectivity index (χ0n) is 7.95. The van der Waals surface area contributed by atoms with Gasteiger partial charge in [-0.3, -0.25) is 0 Å². The van der Waals surface area contributed by atoms with Gasteiger partial charge in [0, 0.05) is 13.1 Å². The number of methoxy groups -OCH3 is 1. The fourth-order valence-corrected chi connectivity index (χ4v) is 1.16. The Hall–Kier alpha value is -0.860. The lowest BCUT2D eigenvalue weighted by Gasteiger charge is -2.03. The summed E-state index contributed by atoms with van der Waals surface area (Å²) in [4.78, 5) is 10.5. The fraction of sp³-hybridized carbons (Fsp3) is 0.833. The molecule has 0 aromatic rings. The molecule has 0 unspecified atom stereocenters. The third-order valence-corrected chi connectivity index (χ3v) is 1.97. The molecule has 0 spiro atoms. The van der Waals surface area contributed by atoms with Crippen molar-refractivity contribution in [1.29, 1.82) is 0 Å². The van der Waals surface area contributed by atoms with Crippen LogP contribution >= 0.6 is 0 Å². The summed E-state index contributed by atoms with van der Waals surface area (Å²) in [5.74, 6) is 0. The topological polar surface area (TPSA) is 111 Å². The molecule has 0 saturated heterocycles. The molecule has 7 nitrogen and oxygen atoms in total. The zero-order chi connectivity index (χ0) is 11.0. The lowest BCUT2D eigenvalue weighted by Crippen LogP contribution is -2.32. The Kier molecular flexibility index (Phi) is 6.17. The summed E-state index contributed by atoms with van der Waals surface area (Å²) in [6.07, 6.45) is 0.752. The molecule has 0 aromatic carbocycles. The van der Waals surface area contributed by atoms with E-state index in [1.807, 2.05) is 0 Å². The summed E-state index contributed by atoms with van der Waals surface area (Å²) in [5, 5.41) is 7.15. The van der Waals surface area contributed by atoms with Crippen LogP contribution in [0.5, 0.6) is 0 Å². The summed E-state index contributed by atoms with van der Waals surface area (Å²) >= 11 is 0. The van der Waals surface area contributed by atoms with Crippen LogP contribution in [0.1, 0.15) is 12.8 Å². The van der Waals surface area contributed by atoms with Gasteiger partial charge < -0.3 is 10.1 Å². The Labute approximate surface area is 83.2 Å². The third kappa shape index (κ3) is 9.23. The van der Waals surface area contributed by atoms with Gasteiger partial charge in [0.15, 0.2) is 0 Å². The molecule has 0 rings (SSSR count). The molecule has 0 aliphatic carbocycles. The van der Waals surface area contributed by atoms with Crippen molar-refractivity contribution in [2.75, 3.05) is 20.2 Å². The van der Waals surface area contributed by atoms with Crippen molar-refractivity contribution in [3.8, 4) is 0 Å². The molecule has 0 bridgehead atoms. The Morgan fingerprint density at radius 1 is 1.36 bits per heavy atom. The predicted octanol–water partition coefficient (Wildman–Crippen LogP) is -1.08. The van der Waals surface area contributed by atoms with Crippen LogP contribution in [0.2, 0.25) is 0 Å². The molecule has 0 aliphatic rings. The maximum Gasteiger partial charge on any atom is 0.406 e. The van der Waals surface area contributed by atoms with Gasteiger partial charge in [0.2, 0.25) is 0 Å². The smallest absolute Gasteiger partial charge is 0.406 e. The Bertz CT molecular complexity index is 264. The van der Waals surface area contributed by atoms with E-state index in [1.165, 1.54) is 7.11 Å². The molecule has 4 N–H and O–H groups in total. The quantitative estimate of drug-likeness (QED) is 0.499. The van der Waals surface area contributed by atoms with Crippen LogP contribution in [-0.2, 0) is 14.9 Å². The lowest BCUT2D eigenvalue weighted by molar-refractivity contribution is 0.171. The van der Waals surface area contributed by atoms with Gasteiger partial charge in [-0.05, 0) is 12.8 Å². The summed E-state index contributed by atoms with van der Waals surface area (Å²) in [5.41, 5.74) is 0. The maximum atomic E-state index is 10.5. The van der Waals surface area contributed by atoms with E-state index in [4.69, 9.17) is 5.14 Å². The van der Waals surface area contributed by atoms with E-state index in [2.05, 4.69) is 14.8 Å². The lowest BCUT2D eigenvalue weighted by atomic mass is 10.3. The minimum Gasteiger partial charge on any atom is -0.453 e. The molecule has 0 aliphatic heterocycles. The van der Waals surface area contributed by atoms with Crippen LogP contribution in [0.4, 0.5) is 4.79 Å². The van der Waals surface area contributed by atoms with Gasteiger partial charge >= 0.3 is 6.09 Å². The molecule has 0 atom stereocenters. The number of carbonyl (C=O) groups is 1. The molecule has 0 saturated carbocycles. The number of rotatable bonds is 6. The predicted molar refractivity (Wildman–Crippen MR) is 50.8 cm³/mol. The number of alkyl carbamates (subject to hydrolysis) is 1. The Morgan fingerprint density at radius 2 is 1.93 bits per heavy atom. The zero-order valence-corrected chi connectivity index (χ0v) is 8.76. The Balaban J connectivity index is 3.27. The van der Waals surface area contributed by atoms with Gasteiger partial charge in [0.05, 0.1) is 7.11 Å². The van der Waals surface area contributed by atoms with Crippen LogP contribution in [0, 0.1) is 0 Å². The molecule has 84 valence electrons. The van der Waals surface area contributed by atoms with Gasteiger partial charge in [-0.2, -0.15) is 8.42 Å². The first-order chi connectivity index (χ1) is 6.45. The maximum absolute atomic E-state index is 10.5. The van der Waals surface area contributed by atoms with Gasteiger partial charge in [-0.25, -0.2) is 14.7 Å². The van der Waals surface area contributed by atoms with Crippen molar-refractivity contribution < 1.29 is 17.9 Å². The third-order valence-electron chi connectivity index (χ3n) is 1.36. The summed E-state index contributed by atoms with van der Waals surface area (Å²) in [6, 6.07) is 0. The second-order valence-corrected chi connectivity index (χ2v) is 3.94. The minimum atomic E-state index is -3.59. The second-order valence-electron chi connectivity index (χ2n) is 2.56. The number of nitrogens with one attached hydrogen (secondary N) is 2. The van der Waals surface area contributed by atoms with Crippen LogP contribution < -0.4 is 15.2 Å². The summed E-state index contributed by atoms with van der Waals surface area (Å²) in [6.45, 7) is 0.709. The van der Waals surface area contributed by atoms with E-state index < -0.39 is 16.3 Å². The minimum absolute atomic E-state index is 0.266. The van der Waals surface area contributed by atoms with Gasteiger partial charge in [0.25, 0.3) is 10.2 Å². The van der Waals surface area contributed by atoms with Gasteiger partial charge in [-0.1, -0.05) is 0 Å². The molecule has 1 amide bonds. The number of unbranched alkanes of at least 4 members (excludes halogenated alkanes) is 1. The van der Waals surface area contributed by atoms with Crippen molar-refractivity contribution in [2.24, 2.45) is 5.14 Å². The molecule has 0 fully saturated rings. The van der Waals surface area contributed by atoms with E-state index in [9.17, 15) is 13.2 Å². The van der Waals surface area contributed by atoms with Crippen LogP contribution in [0.15, 0.2) is 0 Å². The SMILES string of the molecule is COC(=O)NCCCCNS(N)(=O)=O. The molecule has 14 heavy (non-hydrogen) atoms. The average molecular weight is 225 g/mol. The summed E-state index contributed by atoms with van der Waals surface area (Å²) in [7, 11) is -2.32. The normalized spacial score (nSPS) is 11.0. The van der Waals surface area contributed by atoms with Gasteiger partial charge in [-0.15, -0.1) is 0 Å². The number of ether oxygens (including phenoxy) is 1. The van der Waals surface area contributed by atoms with Crippen molar-refractivity contribution in [3.05, 3.63) is 0 Å². The van der Waals surface area contributed by atoms with Gasteiger partial charge in [0.1, 0.15) is 0 Å². The standard InChI is InChI=1S/C6H15N3O4S/c1-13-6(10)8-4-2-3-5-9-14(7,11)12/h9H,2-5H2,1H3,(H,8,10)(H2,7,11,12). The highest BCUT2D eigenvalue weighted by atomic mass is 32.2. The number of nitrogens with two attached hydrogens (primary N) is 1. The van der Waals surface area contributed by atoms with E-state index in [-0.39, 0.29) is 6.54 Å². The average Bonchev–Trinajstić information content (AvgIpc) is 2.08. The first kappa shape index (κ1) is 13.1.